The zero-order valence-corrected chi connectivity index (χ0v) is 25.9. The highest BCUT2D eigenvalue weighted by Gasteiger charge is 2.18. The molecule has 5 nitrogen and oxygen atoms in total. The van der Waals surface area contributed by atoms with Crippen molar-refractivity contribution in [3.05, 3.63) is 168 Å². The maximum Gasteiger partial charge on any atom is 0.161 e. The van der Waals surface area contributed by atoms with Crippen molar-refractivity contribution < 1.29 is 8.83 Å². The van der Waals surface area contributed by atoms with E-state index in [0.717, 1.165) is 71.7 Å². The Morgan fingerprint density at radius 3 is 2.15 bits per heavy atom. The molecule has 0 saturated carbocycles. The van der Waals surface area contributed by atoms with E-state index in [1.165, 1.54) is 10.8 Å². The fraction of sp³-hybridized carbons (Fsp3) is 0.0233. The zero-order valence-electron chi connectivity index (χ0n) is 25.9. The van der Waals surface area contributed by atoms with Crippen LogP contribution < -0.4 is 5.73 Å². The fourth-order valence-electron chi connectivity index (χ4n) is 6.62. The average molecular weight is 620 g/mol. The zero-order chi connectivity index (χ0) is 32.0. The molecular weight excluding hydrogens is 590 g/mol. The third kappa shape index (κ3) is 4.81. The minimum absolute atomic E-state index is 0.349. The van der Waals surface area contributed by atoms with Crippen molar-refractivity contribution in [3.8, 4) is 11.1 Å². The van der Waals surface area contributed by atoms with Crippen LogP contribution in [0.25, 0.3) is 65.8 Å². The number of aliphatic imine (C=N–C) groups is 2. The Bertz CT molecular complexity index is 2720. The third-order valence-electron chi connectivity index (χ3n) is 8.98. The highest BCUT2D eigenvalue weighted by atomic mass is 16.3. The van der Waals surface area contributed by atoms with E-state index in [2.05, 4.69) is 84.9 Å². The van der Waals surface area contributed by atoms with Gasteiger partial charge in [-0.1, -0.05) is 115 Å². The molecule has 0 aliphatic heterocycles. The van der Waals surface area contributed by atoms with Gasteiger partial charge in [0.25, 0.3) is 0 Å². The van der Waals surface area contributed by atoms with E-state index in [4.69, 9.17) is 24.6 Å². The van der Waals surface area contributed by atoms with Gasteiger partial charge < -0.3 is 14.6 Å². The molecule has 228 valence electrons. The van der Waals surface area contributed by atoms with Crippen LogP contribution in [-0.2, 0) is 6.54 Å². The quantitative estimate of drug-likeness (QED) is 0.154. The van der Waals surface area contributed by atoms with Gasteiger partial charge in [-0.3, -0.25) is 4.99 Å². The number of nitrogens with zero attached hydrogens (tertiary/aromatic N) is 2. The minimum atomic E-state index is 0.349. The van der Waals surface area contributed by atoms with Gasteiger partial charge in [-0.25, -0.2) is 4.99 Å². The van der Waals surface area contributed by atoms with Gasteiger partial charge in [-0.2, -0.15) is 0 Å². The predicted molar refractivity (Wildman–Crippen MR) is 198 cm³/mol. The summed E-state index contributed by atoms with van der Waals surface area (Å²) in [4.78, 5) is 10.0. The van der Waals surface area contributed by atoms with Crippen molar-refractivity contribution in [1.82, 2.24) is 0 Å². The van der Waals surface area contributed by atoms with Crippen LogP contribution in [0.1, 0.15) is 16.7 Å². The predicted octanol–water partition coefficient (Wildman–Crippen LogP) is 10.7. The molecule has 0 radical (unpaired) electrons. The summed E-state index contributed by atoms with van der Waals surface area (Å²) in [7, 11) is 0. The molecule has 2 heterocycles. The Morgan fingerprint density at radius 1 is 0.521 bits per heavy atom. The van der Waals surface area contributed by atoms with Crippen molar-refractivity contribution in [2.75, 3.05) is 0 Å². The maximum absolute atomic E-state index is 6.91. The molecule has 5 heteroatoms. The summed E-state index contributed by atoms with van der Waals surface area (Å²) >= 11 is 0. The monoisotopic (exact) mass is 619 g/mol. The first-order chi connectivity index (χ1) is 23.7. The number of hydrogen-bond donors (Lipinski definition) is 1. The molecular formula is C43H29N3O2. The molecule has 9 rings (SSSR count). The number of nitrogens with two attached hydrogens (primary N) is 1. The molecule has 2 N–H and O–H groups in total. The lowest BCUT2D eigenvalue weighted by molar-refractivity contribution is 0.668. The number of fused-ring (bicyclic) bond motifs is 7. The molecule has 2 aromatic heterocycles. The Hall–Kier alpha value is -6.46. The highest BCUT2D eigenvalue weighted by Crippen LogP contribution is 2.36. The second-order valence-electron chi connectivity index (χ2n) is 12.0. The molecule has 0 amide bonds. The van der Waals surface area contributed by atoms with Gasteiger partial charge in [0, 0.05) is 27.1 Å². The Morgan fingerprint density at radius 2 is 1.23 bits per heavy atom. The molecule has 0 bridgehead atoms. The van der Waals surface area contributed by atoms with Crippen molar-refractivity contribution in [2.24, 2.45) is 15.7 Å². The molecule has 0 aliphatic rings. The summed E-state index contributed by atoms with van der Waals surface area (Å²) in [6.45, 7) is 0.444. The van der Waals surface area contributed by atoms with Crippen molar-refractivity contribution in [1.29, 1.82) is 0 Å². The van der Waals surface area contributed by atoms with Crippen LogP contribution >= 0.6 is 0 Å². The van der Waals surface area contributed by atoms with Crippen LogP contribution in [0.2, 0.25) is 0 Å². The molecule has 0 unspecified atom stereocenters. The smallest absolute Gasteiger partial charge is 0.161 e. The lowest BCUT2D eigenvalue weighted by atomic mass is 9.99. The fourth-order valence-corrected chi connectivity index (χ4v) is 6.62. The molecule has 0 atom stereocenters. The summed E-state index contributed by atoms with van der Waals surface area (Å²) < 4.78 is 12.8. The van der Waals surface area contributed by atoms with Crippen LogP contribution in [-0.4, -0.2) is 11.7 Å². The van der Waals surface area contributed by atoms with Gasteiger partial charge in [0.1, 0.15) is 28.2 Å². The van der Waals surface area contributed by atoms with Crippen LogP contribution in [0.15, 0.2) is 170 Å². The van der Waals surface area contributed by atoms with Crippen molar-refractivity contribution in [2.45, 2.75) is 6.54 Å². The van der Waals surface area contributed by atoms with E-state index in [9.17, 15) is 0 Å². The standard InChI is InChI=1S/C43H29N3O2/c44-42(46-43(45-26-27-10-2-1-3-11-27)36-17-8-15-33-32-14-6-7-18-37(32)48-41(33)36)35-16-9-19-38-40(35)34-23-22-31(25-39(34)47-38)30-21-20-28-12-4-5-13-29(28)24-30/h1-25H,26H2,(H2,44,45,46). The lowest BCUT2D eigenvalue weighted by Gasteiger charge is -2.08. The van der Waals surface area contributed by atoms with E-state index >= 15 is 0 Å². The van der Waals surface area contributed by atoms with Crippen molar-refractivity contribution in [3.63, 3.8) is 0 Å². The number of furan rings is 2. The number of benzene rings is 7. The summed E-state index contributed by atoms with van der Waals surface area (Å²) in [6.07, 6.45) is 0. The molecule has 0 saturated heterocycles. The SMILES string of the molecule is N/C(=N\C(=N/Cc1ccccc1)c1cccc2c1oc1ccccc12)c1cccc2oc3cc(-c4ccc5ccccc5c4)ccc3c12. The van der Waals surface area contributed by atoms with E-state index in [1.54, 1.807) is 0 Å². The first-order valence-electron chi connectivity index (χ1n) is 16.0. The molecule has 9 aromatic rings. The molecule has 0 aliphatic carbocycles. The molecule has 48 heavy (non-hydrogen) atoms. The van der Waals surface area contributed by atoms with Crippen molar-refractivity contribution >= 4 is 66.3 Å². The highest BCUT2D eigenvalue weighted by molar-refractivity contribution is 6.23. The summed E-state index contributed by atoms with van der Waals surface area (Å²) in [5.74, 6) is 0.853. The lowest BCUT2D eigenvalue weighted by Crippen LogP contribution is -2.17. The second kappa shape index (κ2) is 11.4. The topological polar surface area (TPSA) is 77.0 Å². The minimum Gasteiger partial charge on any atom is -0.456 e. The third-order valence-corrected chi connectivity index (χ3v) is 8.98. The number of amidine groups is 2. The van der Waals surface area contributed by atoms with E-state index in [0.29, 0.717) is 18.2 Å². The first-order valence-corrected chi connectivity index (χ1v) is 16.0. The van der Waals surface area contributed by atoms with E-state index in [-0.39, 0.29) is 0 Å². The number of para-hydroxylation sites is 2. The molecule has 7 aromatic carbocycles. The molecule has 0 spiro atoms. The van der Waals surface area contributed by atoms with Crippen LogP contribution in [0.5, 0.6) is 0 Å². The van der Waals surface area contributed by atoms with Gasteiger partial charge in [-0.05, 0) is 63.9 Å². The van der Waals surface area contributed by atoms with Gasteiger partial charge >= 0.3 is 0 Å². The first kappa shape index (κ1) is 27.8. The Labute approximate surface area is 276 Å². The van der Waals surface area contributed by atoms with E-state index in [1.807, 2.05) is 66.7 Å². The number of rotatable bonds is 5. The normalized spacial score (nSPS) is 12.6. The van der Waals surface area contributed by atoms with Gasteiger partial charge in [-0.15, -0.1) is 0 Å². The second-order valence-corrected chi connectivity index (χ2v) is 12.0. The summed E-state index contributed by atoms with van der Waals surface area (Å²) in [5, 5.41) is 6.37. The molecule has 0 fully saturated rings. The summed E-state index contributed by atoms with van der Waals surface area (Å²) in [5.41, 5.74) is 14.9. The van der Waals surface area contributed by atoms with Crippen LogP contribution in [0.3, 0.4) is 0 Å². The van der Waals surface area contributed by atoms with Gasteiger partial charge in [0.2, 0.25) is 0 Å². The Balaban J connectivity index is 1.17. The Kier molecular flexibility index (Phi) is 6.61. The van der Waals surface area contributed by atoms with Crippen LogP contribution in [0.4, 0.5) is 0 Å². The average Bonchev–Trinajstić information content (AvgIpc) is 3.71. The summed E-state index contributed by atoms with van der Waals surface area (Å²) in [6, 6.07) is 51.5. The largest absolute Gasteiger partial charge is 0.456 e. The van der Waals surface area contributed by atoms with Gasteiger partial charge in [0.15, 0.2) is 5.84 Å². The number of hydrogen-bond acceptors (Lipinski definition) is 3. The maximum atomic E-state index is 6.91. The van der Waals surface area contributed by atoms with Gasteiger partial charge in [0.05, 0.1) is 12.1 Å². The van der Waals surface area contributed by atoms with E-state index < -0.39 is 0 Å². The van der Waals surface area contributed by atoms with Crippen LogP contribution in [0, 0.1) is 0 Å².